The van der Waals surface area contributed by atoms with E-state index >= 15 is 0 Å². The van der Waals surface area contributed by atoms with Crippen LogP contribution in [0.25, 0.3) is 0 Å². The fraction of sp³-hybridized carbons (Fsp3) is 0.611. The van der Waals surface area contributed by atoms with Crippen LogP contribution in [-0.2, 0) is 6.54 Å². The van der Waals surface area contributed by atoms with Crippen molar-refractivity contribution in [3.63, 3.8) is 0 Å². The third kappa shape index (κ3) is 9.00. The summed E-state index contributed by atoms with van der Waals surface area (Å²) >= 11 is 0. The van der Waals surface area contributed by atoms with Gasteiger partial charge in [0, 0.05) is 18.7 Å². The van der Waals surface area contributed by atoms with Crippen molar-refractivity contribution < 1.29 is 17.9 Å². The van der Waals surface area contributed by atoms with E-state index in [1.807, 2.05) is 6.92 Å². The fourth-order valence-corrected chi connectivity index (χ4v) is 2.87. The molecule has 1 aromatic carbocycles. The van der Waals surface area contributed by atoms with Crippen LogP contribution in [0.15, 0.2) is 29.3 Å². The average Bonchev–Trinajstić information content (AvgIpc) is 2.58. The standard InChI is InChI=1S/C18H27F3N4O.HI/c1-3-22-17(23-12-14-8-10-25(2)11-9-14)24-13-15-6-4-5-7-16(15)26-18(19,20)21;/h4-7,14H,3,8-13H2,1-2H3,(H2,22,23,24);1H. The first-order valence-electron chi connectivity index (χ1n) is 8.91. The predicted molar refractivity (Wildman–Crippen MR) is 112 cm³/mol. The molecule has 5 nitrogen and oxygen atoms in total. The van der Waals surface area contributed by atoms with Crippen LogP contribution in [0.1, 0.15) is 25.3 Å². The number of likely N-dealkylation sites (tertiary alicyclic amines) is 1. The van der Waals surface area contributed by atoms with Crippen molar-refractivity contribution in [2.24, 2.45) is 10.9 Å². The third-order valence-corrected chi connectivity index (χ3v) is 4.35. The Hall–Kier alpha value is -1.23. The Balaban J connectivity index is 0.00000364. The smallest absolute Gasteiger partial charge is 0.405 e. The summed E-state index contributed by atoms with van der Waals surface area (Å²) in [5, 5.41) is 6.43. The summed E-state index contributed by atoms with van der Waals surface area (Å²) < 4.78 is 41.6. The fourth-order valence-electron chi connectivity index (χ4n) is 2.87. The molecule has 0 aliphatic carbocycles. The Morgan fingerprint density at radius 1 is 1.22 bits per heavy atom. The van der Waals surface area contributed by atoms with E-state index in [1.165, 1.54) is 12.1 Å². The third-order valence-electron chi connectivity index (χ3n) is 4.35. The van der Waals surface area contributed by atoms with E-state index in [4.69, 9.17) is 0 Å². The number of ether oxygens (including phenoxy) is 1. The molecule has 0 radical (unpaired) electrons. The van der Waals surface area contributed by atoms with Gasteiger partial charge in [0.25, 0.3) is 0 Å². The van der Waals surface area contributed by atoms with Gasteiger partial charge in [0.05, 0.1) is 6.54 Å². The molecule has 1 aliphatic heterocycles. The molecule has 1 saturated heterocycles. The molecule has 27 heavy (non-hydrogen) atoms. The molecule has 0 aromatic heterocycles. The summed E-state index contributed by atoms with van der Waals surface area (Å²) in [5.74, 6) is 0.971. The number of rotatable bonds is 6. The quantitative estimate of drug-likeness (QED) is 0.356. The molecule has 1 fully saturated rings. The van der Waals surface area contributed by atoms with Crippen molar-refractivity contribution in [3.05, 3.63) is 29.8 Å². The molecule has 0 atom stereocenters. The summed E-state index contributed by atoms with van der Waals surface area (Å²) in [6.45, 7) is 5.72. The van der Waals surface area contributed by atoms with Gasteiger partial charge in [0.1, 0.15) is 5.75 Å². The first-order valence-corrected chi connectivity index (χ1v) is 8.91. The van der Waals surface area contributed by atoms with Gasteiger partial charge >= 0.3 is 6.36 Å². The van der Waals surface area contributed by atoms with E-state index in [0.29, 0.717) is 24.0 Å². The highest BCUT2D eigenvalue weighted by atomic mass is 127. The maximum absolute atomic E-state index is 12.5. The van der Waals surface area contributed by atoms with Gasteiger partial charge in [-0.2, -0.15) is 0 Å². The number of hydrogen-bond donors (Lipinski definition) is 2. The van der Waals surface area contributed by atoms with E-state index in [2.05, 4.69) is 32.3 Å². The second kappa shape index (κ2) is 11.6. The summed E-state index contributed by atoms with van der Waals surface area (Å²) in [5.41, 5.74) is 0.390. The SMILES string of the molecule is CCNC(=NCc1ccccc1OC(F)(F)F)NCC1CCN(C)CC1.I. The number of alkyl halides is 3. The monoisotopic (exact) mass is 500 g/mol. The minimum absolute atomic E-state index is 0. The van der Waals surface area contributed by atoms with Gasteiger partial charge in [0.15, 0.2) is 5.96 Å². The summed E-state index contributed by atoms with van der Waals surface area (Å²) in [7, 11) is 2.12. The lowest BCUT2D eigenvalue weighted by atomic mass is 9.97. The number of aliphatic imine (C=N–C) groups is 1. The van der Waals surface area contributed by atoms with Gasteiger partial charge in [-0.3, -0.25) is 0 Å². The second-order valence-corrected chi connectivity index (χ2v) is 6.48. The van der Waals surface area contributed by atoms with Crippen LogP contribution >= 0.6 is 24.0 Å². The lowest BCUT2D eigenvalue weighted by Gasteiger charge is -2.29. The number of hydrogen-bond acceptors (Lipinski definition) is 3. The molecule has 1 aliphatic rings. The molecule has 9 heteroatoms. The average molecular weight is 500 g/mol. The first kappa shape index (κ1) is 23.8. The predicted octanol–water partition coefficient (Wildman–Crippen LogP) is 3.60. The van der Waals surface area contributed by atoms with Crippen LogP contribution < -0.4 is 15.4 Å². The molecule has 0 bridgehead atoms. The molecule has 0 amide bonds. The van der Waals surface area contributed by atoms with Crippen molar-refractivity contribution >= 4 is 29.9 Å². The van der Waals surface area contributed by atoms with E-state index in [1.54, 1.807) is 12.1 Å². The van der Waals surface area contributed by atoms with Crippen LogP contribution in [0.4, 0.5) is 13.2 Å². The maximum atomic E-state index is 12.5. The molecule has 1 heterocycles. The van der Waals surface area contributed by atoms with Gasteiger partial charge in [0.2, 0.25) is 0 Å². The number of nitrogens with one attached hydrogen (secondary N) is 2. The number of guanidine groups is 1. The van der Waals surface area contributed by atoms with Gasteiger partial charge in [-0.25, -0.2) is 4.99 Å². The van der Waals surface area contributed by atoms with Crippen LogP contribution in [0.3, 0.4) is 0 Å². The lowest BCUT2D eigenvalue weighted by molar-refractivity contribution is -0.274. The van der Waals surface area contributed by atoms with Gasteiger partial charge in [-0.1, -0.05) is 18.2 Å². The van der Waals surface area contributed by atoms with E-state index in [0.717, 1.165) is 32.5 Å². The highest BCUT2D eigenvalue weighted by Gasteiger charge is 2.31. The normalized spacial score (nSPS) is 16.6. The molecule has 0 unspecified atom stereocenters. The summed E-state index contributed by atoms with van der Waals surface area (Å²) in [6, 6.07) is 6.08. The van der Waals surface area contributed by atoms with Crippen molar-refractivity contribution in [2.45, 2.75) is 32.7 Å². The van der Waals surface area contributed by atoms with Gasteiger partial charge in [-0.05, 0) is 51.9 Å². The Labute approximate surface area is 175 Å². The number of piperidine rings is 1. The first-order chi connectivity index (χ1) is 12.4. The van der Waals surface area contributed by atoms with E-state index in [-0.39, 0.29) is 36.3 Å². The largest absolute Gasteiger partial charge is 0.573 e. The molecule has 1 aromatic rings. The minimum Gasteiger partial charge on any atom is -0.405 e. The Morgan fingerprint density at radius 2 is 1.89 bits per heavy atom. The number of para-hydroxylation sites is 1. The summed E-state index contributed by atoms with van der Waals surface area (Å²) in [6.07, 6.45) is -2.45. The van der Waals surface area contributed by atoms with Crippen LogP contribution in [-0.4, -0.2) is 50.4 Å². The van der Waals surface area contributed by atoms with Crippen LogP contribution in [0.5, 0.6) is 5.75 Å². The molecular formula is C18H28F3IN4O. The zero-order valence-electron chi connectivity index (χ0n) is 15.7. The Kier molecular flexibility index (Phi) is 10.2. The highest BCUT2D eigenvalue weighted by Crippen LogP contribution is 2.26. The van der Waals surface area contributed by atoms with Crippen molar-refractivity contribution in [1.82, 2.24) is 15.5 Å². The Morgan fingerprint density at radius 3 is 2.52 bits per heavy atom. The van der Waals surface area contributed by atoms with Gasteiger partial charge in [-0.15, -0.1) is 37.1 Å². The minimum atomic E-state index is -4.71. The van der Waals surface area contributed by atoms with Crippen molar-refractivity contribution in [1.29, 1.82) is 0 Å². The van der Waals surface area contributed by atoms with Crippen LogP contribution in [0, 0.1) is 5.92 Å². The second-order valence-electron chi connectivity index (χ2n) is 6.48. The number of benzene rings is 1. The number of halogens is 4. The summed E-state index contributed by atoms with van der Waals surface area (Å²) in [4.78, 5) is 6.72. The zero-order chi connectivity index (χ0) is 19.0. The van der Waals surface area contributed by atoms with Crippen molar-refractivity contribution in [3.8, 4) is 5.75 Å². The Bertz CT molecular complexity index is 590. The molecule has 2 rings (SSSR count). The van der Waals surface area contributed by atoms with Crippen LogP contribution in [0.2, 0.25) is 0 Å². The molecular weight excluding hydrogens is 472 g/mol. The molecule has 0 saturated carbocycles. The van der Waals surface area contributed by atoms with E-state index in [9.17, 15) is 13.2 Å². The molecule has 0 spiro atoms. The lowest BCUT2D eigenvalue weighted by Crippen LogP contribution is -2.42. The van der Waals surface area contributed by atoms with Gasteiger partial charge < -0.3 is 20.3 Å². The highest BCUT2D eigenvalue weighted by molar-refractivity contribution is 14.0. The topological polar surface area (TPSA) is 48.9 Å². The maximum Gasteiger partial charge on any atom is 0.573 e. The number of nitrogens with zero attached hydrogens (tertiary/aromatic N) is 2. The van der Waals surface area contributed by atoms with Crippen molar-refractivity contribution in [2.75, 3.05) is 33.2 Å². The zero-order valence-corrected chi connectivity index (χ0v) is 18.0. The molecule has 2 N–H and O–H groups in total. The van der Waals surface area contributed by atoms with E-state index < -0.39 is 6.36 Å². The molecule has 154 valence electrons.